The normalized spacial score (nSPS) is 12.2. The second-order valence-corrected chi connectivity index (χ2v) is 15.1. The van der Waals surface area contributed by atoms with Crippen molar-refractivity contribution >= 4 is 65.4 Å². The van der Waals surface area contributed by atoms with E-state index >= 15 is 0 Å². The maximum absolute atomic E-state index is 14.9. The van der Waals surface area contributed by atoms with E-state index in [1.54, 1.807) is 6.07 Å². The van der Waals surface area contributed by atoms with Gasteiger partial charge < -0.3 is 9.13 Å². The molecule has 6 nitrogen and oxygen atoms in total. The Morgan fingerprint density at radius 3 is 1.56 bits per heavy atom. The molecule has 61 heavy (non-hydrogen) atoms. The standard InChI is InChI=1S/C52H31F3N6/c53-52(54,55)33-27-29-45(60-41-23-11-9-21-37(41)38-28-30-46-47(48(38)60)39-22-10-14-26-44(39)59(46)34-17-5-2-6-18-34)40(31-33)50-56-49(32-15-3-1-4-16-32)57-51(58-50)61-42-24-12-7-19-35(42)36-20-8-13-25-43(36)61/h1-31H. The first-order valence-corrected chi connectivity index (χ1v) is 20.0. The molecule has 0 aliphatic carbocycles. The molecule has 0 unspecified atom stereocenters. The van der Waals surface area contributed by atoms with E-state index in [0.717, 1.165) is 77.2 Å². The molecular formula is C52H31F3N6. The molecule has 0 aliphatic rings. The Balaban J connectivity index is 1.22. The van der Waals surface area contributed by atoms with Crippen LogP contribution in [0.1, 0.15) is 5.56 Å². The van der Waals surface area contributed by atoms with Crippen LogP contribution in [0.2, 0.25) is 0 Å². The quantitative estimate of drug-likeness (QED) is 0.174. The summed E-state index contributed by atoms with van der Waals surface area (Å²) in [5, 5.41) is 5.94. The van der Waals surface area contributed by atoms with E-state index in [1.807, 2.05) is 120 Å². The topological polar surface area (TPSA) is 53.5 Å². The zero-order chi connectivity index (χ0) is 40.8. The number of benzene rings is 8. The van der Waals surface area contributed by atoms with Crippen LogP contribution in [0.3, 0.4) is 0 Å². The number of nitrogens with zero attached hydrogens (tertiary/aromatic N) is 6. The minimum Gasteiger partial charge on any atom is -0.309 e. The maximum Gasteiger partial charge on any atom is 0.416 e. The first-order chi connectivity index (χ1) is 29.9. The van der Waals surface area contributed by atoms with Gasteiger partial charge in [-0.15, -0.1) is 0 Å². The smallest absolute Gasteiger partial charge is 0.309 e. The van der Waals surface area contributed by atoms with Crippen LogP contribution in [0, 0.1) is 0 Å². The monoisotopic (exact) mass is 796 g/mol. The summed E-state index contributed by atoms with van der Waals surface area (Å²) in [5.41, 5.74) is 7.03. The van der Waals surface area contributed by atoms with Crippen LogP contribution in [-0.2, 0) is 6.18 Å². The van der Waals surface area contributed by atoms with Crippen molar-refractivity contribution in [3.63, 3.8) is 0 Å². The molecule has 0 aliphatic heterocycles. The minimum atomic E-state index is -4.64. The molecular weight excluding hydrogens is 766 g/mol. The molecule has 0 bridgehead atoms. The average Bonchev–Trinajstić information content (AvgIpc) is 3.95. The number of halogens is 3. The van der Waals surface area contributed by atoms with Gasteiger partial charge in [-0.25, -0.2) is 4.98 Å². The lowest BCUT2D eigenvalue weighted by molar-refractivity contribution is -0.137. The van der Waals surface area contributed by atoms with Gasteiger partial charge in [0.25, 0.3) is 0 Å². The van der Waals surface area contributed by atoms with E-state index in [0.29, 0.717) is 23.0 Å². The third kappa shape index (κ3) is 5.33. The number of hydrogen-bond acceptors (Lipinski definition) is 3. The zero-order valence-corrected chi connectivity index (χ0v) is 32.2. The van der Waals surface area contributed by atoms with Crippen molar-refractivity contribution in [1.82, 2.24) is 28.7 Å². The van der Waals surface area contributed by atoms with Crippen LogP contribution in [0.4, 0.5) is 13.2 Å². The molecule has 0 saturated carbocycles. The molecule has 4 aromatic heterocycles. The number of para-hydroxylation sites is 5. The molecule has 0 radical (unpaired) electrons. The van der Waals surface area contributed by atoms with Crippen LogP contribution in [-0.4, -0.2) is 28.7 Å². The van der Waals surface area contributed by atoms with Crippen molar-refractivity contribution in [1.29, 1.82) is 0 Å². The van der Waals surface area contributed by atoms with Gasteiger partial charge in [-0.1, -0.05) is 127 Å². The van der Waals surface area contributed by atoms with E-state index in [2.05, 4.69) is 63.7 Å². The van der Waals surface area contributed by atoms with Crippen LogP contribution in [0.15, 0.2) is 188 Å². The van der Waals surface area contributed by atoms with Crippen molar-refractivity contribution in [2.75, 3.05) is 0 Å². The van der Waals surface area contributed by atoms with E-state index in [-0.39, 0.29) is 11.4 Å². The molecule has 0 N–H and O–H groups in total. The summed E-state index contributed by atoms with van der Waals surface area (Å²) in [6, 6.07) is 60.2. The van der Waals surface area contributed by atoms with Gasteiger partial charge in [0.1, 0.15) is 0 Å². The van der Waals surface area contributed by atoms with Crippen molar-refractivity contribution in [3.05, 3.63) is 194 Å². The van der Waals surface area contributed by atoms with Crippen LogP contribution >= 0.6 is 0 Å². The fourth-order valence-electron chi connectivity index (χ4n) is 9.14. The summed E-state index contributed by atoms with van der Waals surface area (Å²) in [5.74, 6) is 0.734. The predicted molar refractivity (Wildman–Crippen MR) is 239 cm³/mol. The van der Waals surface area contributed by atoms with E-state index in [1.165, 1.54) is 6.07 Å². The lowest BCUT2D eigenvalue weighted by Gasteiger charge is -2.17. The second-order valence-electron chi connectivity index (χ2n) is 15.1. The van der Waals surface area contributed by atoms with Crippen molar-refractivity contribution in [2.45, 2.75) is 6.18 Å². The van der Waals surface area contributed by atoms with Gasteiger partial charge in [0.15, 0.2) is 11.6 Å². The maximum atomic E-state index is 14.9. The van der Waals surface area contributed by atoms with Crippen molar-refractivity contribution < 1.29 is 13.2 Å². The molecule has 0 fully saturated rings. The zero-order valence-electron chi connectivity index (χ0n) is 32.2. The summed E-state index contributed by atoms with van der Waals surface area (Å²) in [4.78, 5) is 15.2. The second kappa shape index (κ2) is 13.2. The molecule has 0 atom stereocenters. The van der Waals surface area contributed by atoms with Gasteiger partial charge >= 0.3 is 6.18 Å². The van der Waals surface area contributed by atoms with Gasteiger partial charge in [0.05, 0.1) is 44.4 Å². The Morgan fingerprint density at radius 2 is 0.918 bits per heavy atom. The fraction of sp³-hybridized carbons (Fsp3) is 0.0192. The van der Waals surface area contributed by atoms with Gasteiger partial charge in [-0.3, -0.25) is 4.57 Å². The van der Waals surface area contributed by atoms with Crippen LogP contribution in [0.25, 0.3) is 106 Å². The van der Waals surface area contributed by atoms with Gasteiger partial charge in [-0.2, -0.15) is 23.1 Å². The van der Waals surface area contributed by atoms with Crippen molar-refractivity contribution in [2.24, 2.45) is 0 Å². The molecule has 8 aromatic carbocycles. The third-order valence-corrected chi connectivity index (χ3v) is 11.7. The molecule has 290 valence electrons. The van der Waals surface area contributed by atoms with E-state index in [4.69, 9.17) is 15.0 Å². The van der Waals surface area contributed by atoms with Gasteiger partial charge in [-0.05, 0) is 60.7 Å². The minimum absolute atomic E-state index is 0.108. The highest BCUT2D eigenvalue weighted by Crippen LogP contribution is 2.44. The van der Waals surface area contributed by atoms with Gasteiger partial charge in [0.2, 0.25) is 5.95 Å². The molecule has 0 amide bonds. The number of aromatic nitrogens is 6. The first kappa shape index (κ1) is 35.0. The molecule has 0 spiro atoms. The Kier molecular flexibility index (Phi) is 7.59. The third-order valence-electron chi connectivity index (χ3n) is 11.7. The molecule has 9 heteroatoms. The van der Waals surface area contributed by atoms with Crippen molar-refractivity contribution in [3.8, 4) is 40.1 Å². The Labute approximate surface area is 346 Å². The summed E-state index contributed by atoms with van der Waals surface area (Å²) >= 11 is 0. The number of fused-ring (bicyclic) bond motifs is 10. The molecule has 12 aromatic rings. The lowest BCUT2D eigenvalue weighted by Crippen LogP contribution is -2.10. The first-order valence-electron chi connectivity index (χ1n) is 20.0. The van der Waals surface area contributed by atoms with E-state index in [9.17, 15) is 13.2 Å². The van der Waals surface area contributed by atoms with Crippen LogP contribution < -0.4 is 0 Å². The highest BCUT2D eigenvalue weighted by Gasteiger charge is 2.33. The predicted octanol–water partition coefficient (Wildman–Crippen LogP) is 13.5. The SMILES string of the molecule is FC(F)(F)c1ccc(-n2c3ccccc3c3ccc4c(c5ccccc5n4-c4ccccc4)c32)c(-c2nc(-c3ccccc3)nc(-n3c4ccccc4c4ccccc43)n2)c1. The highest BCUT2D eigenvalue weighted by atomic mass is 19.4. The summed E-state index contributed by atoms with van der Waals surface area (Å²) in [6.45, 7) is 0. The van der Waals surface area contributed by atoms with Gasteiger partial charge in [0, 0.05) is 49.1 Å². The molecule has 0 saturated heterocycles. The lowest BCUT2D eigenvalue weighted by atomic mass is 10.1. The van der Waals surface area contributed by atoms with E-state index < -0.39 is 11.7 Å². The molecule has 12 rings (SSSR count). The summed E-state index contributed by atoms with van der Waals surface area (Å²) < 4.78 is 51.1. The Hall–Kier alpha value is -8.04. The number of rotatable bonds is 5. The summed E-state index contributed by atoms with van der Waals surface area (Å²) in [6.07, 6.45) is -4.64. The number of hydrogen-bond donors (Lipinski definition) is 0. The highest BCUT2D eigenvalue weighted by molar-refractivity contribution is 6.26. The summed E-state index contributed by atoms with van der Waals surface area (Å²) in [7, 11) is 0. The largest absolute Gasteiger partial charge is 0.416 e. The number of alkyl halides is 3. The average molecular weight is 797 g/mol. The Bertz CT molecular complexity index is 3640. The molecule has 4 heterocycles. The fourth-order valence-corrected chi connectivity index (χ4v) is 9.14. The van der Waals surface area contributed by atoms with Crippen LogP contribution in [0.5, 0.6) is 0 Å². The Morgan fingerprint density at radius 1 is 0.393 bits per heavy atom.